The highest BCUT2D eigenvalue weighted by molar-refractivity contribution is 7.92. The summed E-state index contributed by atoms with van der Waals surface area (Å²) >= 11 is 0. The van der Waals surface area contributed by atoms with Gasteiger partial charge in [0.15, 0.2) is 0 Å². The summed E-state index contributed by atoms with van der Waals surface area (Å²) in [4.78, 5) is 19.4. The van der Waals surface area contributed by atoms with Crippen molar-refractivity contribution in [1.29, 1.82) is 0 Å². The minimum absolute atomic E-state index is 0.0693. The van der Waals surface area contributed by atoms with Gasteiger partial charge in [0.2, 0.25) is 0 Å². The van der Waals surface area contributed by atoms with Crippen molar-refractivity contribution < 1.29 is 13.2 Å². The Kier molecular flexibility index (Phi) is 6.45. The molecule has 0 bridgehead atoms. The molecule has 166 valence electrons. The van der Waals surface area contributed by atoms with Crippen LogP contribution in [-0.2, 0) is 10.0 Å². The molecule has 0 saturated carbocycles. The van der Waals surface area contributed by atoms with Crippen molar-refractivity contribution in [3.05, 3.63) is 54.1 Å². The van der Waals surface area contributed by atoms with E-state index in [0.29, 0.717) is 24.3 Å². The third-order valence-corrected chi connectivity index (χ3v) is 7.17. The number of benzene rings is 2. The van der Waals surface area contributed by atoms with Gasteiger partial charge < -0.3 is 20.0 Å². The highest BCUT2D eigenvalue weighted by Gasteiger charge is 2.24. The molecule has 1 amide bonds. The van der Waals surface area contributed by atoms with E-state index in [4.69, 9.17) is 0 Å². The molecule has 9 heteroatoms. The molecule has 4 rings (SSSR count). The number of nitrogens with one attached hydrogen (secondary N) is 2. The van der Waals surface area contributed by atoms with Crippen LogP contribution in [0.5, 0.6) is 0 Å². The van der Waals surface area contributed by atoms with Gasteiger partial charge in [-0.05, 0) is 37.4 Å². The van der Waals surface area contributed by atoms with Crippen LogP contribution in [0.2, 0.25) is 0 Å². The van der Waals surface area contributed by atoms with Crippen LogP contribution >= 0.6 is 0 Å². The zero-order chi connectivity index (χ0) is 21.8. The number of amides is 1. The monoisotopic (exact) mass is 443 g/mol. The predicted octanol–water partition coefficient (Wildman–Crippen LogP) is 1.28. The minimum atomic E-state index is -3.77. The fraction of sp³-hybridized carbons (Fsp3) is 0.409. The van der Waals surface area contributed by atoms with E-state index in [-0.39, 0.29) is 10.8 Å². The van der Waals surface area contributed by atoms with Crippen LogP contribution in [0, 0.1) is 0 Å². The Hall–Kier alpha value is -2.62. The SMILES string of the molecule is CN1CCN(C(=O)c2ccc(N3CCNCC3)c(NS(=O)(=O)c3ccccc3)c2)CC1. The Labute approximate surface area is 183 Å². The number of likely N-dealkylation sites (N-methyl/N-ethyl adjacent to an activating group) is 1. The summed E-state index contributed by atoms with van der Waals surface area (Å²) in [6, 6.07) is 13.6. The number of carbonyl (C=O) groups is 1. The standard InChI is InChI=1S/C22H29N5O3S/c1-25-13-15-27(16-14-25)22(28)18-7-8-21(26-11-9-23-10-12-26)20(17-18)24-31(29,30)19-5-3-2-4-6-19/h2-8,17,23-24H,9-16H2,1H3. The maximum Gasteiger partial charge on any atom is 0.261 e. The number of anilines is 2. The van der Waals surface area contributed by atoms with Crippen LogP contribution in [0.3, 0.4) is 0 Å². The molecule has 2 aliphatic heterocycles. The molecule has 0 atom stereocenters. The van der Waals surface area contributed by atoms with E-state index in [1.165, 1.54) is 0 Å². The molecule has 31 heavy (non-hydrogen) atoms. The first kappa shape index (κ1) is 21.6. The van der Waals surface area contributed by atoms with Crippen molar-refractivity contribution in [1.82, 2.24) is 15.1 Å². The summed E-state index contributed by atoms with van der Waals surface area (Å²) < 4.78 is 28.8. The summed E-state index contributed by atoms with van der Waals surface area (Å²) in [6.45, 7) is 6.19. The largest absolute Gasteiger partial charge is 0.367 e. The van der Waals surface area contributed by atoms with Gasteiger partial charge in [-0.15, -0.1) is 0 Å². The molecule has 0 spiro atoms. The van der Waals surface area contributed by atoms with Gasteiger partial charge in [0.05, 0.1) is 16.3 Å². The molecule has 0 radical (unpaired) electrons. The smallest absolute Gasteiger partial charge is 0.261 e. The van der Waals surface area contributed by atoms with E-state index < -0.39 is 10.0 Å². The maximum absolute atomic E-state index is 13.1. The van der Waals surface area contributed by atoms with E-state index in [1.807, 2.05) is 18.0 Å². The van der Waals surface area contributed by atoms with Crippen LogP contribution in [0.25, 0.3) is 0 Å². The summed E-state index contributed by atoms with van der Waals surface area (Å²) in [5.74, 6) is -0.0693. The number of nitrogens with zero attached hydrogens (tertiary/aromatic N) is 3. The molecular formula is C22H29N5O3S. The van der Waals surface area contributed by atoms with Gasteiger partial charge in [-0.25, -0.2) is 8.42 Å². The second kappa shape index (κ2) is 9.25. The zero-order valence-electron chi connectivity index (χ0n) is 17.8. The molecule has 0 unspecified atom stereocenters. The molecule has 8 nitrogen and oxygen atoms in total. The second-order valence-corrected chi connectivity index (χ2v) is 9.67. The molecule has 2 saturated heterocycles. The lowest BCUT2D eigenvalue weighted by Crippen LogP contribution is -2.47. The van der Waals surface area contributed by atoms with Crippen molar-refractivity contribution in [3.8, 4) is 0 Å². The molecule has 2 aromatic carbocycles. The summed E-state index contributed by atoms with van der Waals surface area (Å²) in [7, 11) is -1.73. The molecular weight excluding hydrogens is 414 g/mol. The molecule has 0 aromatic heterocycles. The Morgan fingerprint density at radius 3 is 2.29 bits per heavy atom. The Morgan fingerprint density at radius 1 is 0.935 bits per heavy atom. The number of piperazine rings is 2. The number of sulfonamides is 1. The van der Waals surface area contributed by atoms with E-state index in [1.54, 1.807) is 42.5 Å². The Morgan fingerprint density at radius 2 is 1.61 bits per heavy atom. The maximum atomic E-state index is 13.1. The van der Waals surface area contributed by atoms with Gasteiger partial charge >= 0.3 is 0 Å². The fourth-order valence-corrected chi connectivity index (χ4v) is 5.01. The first-order chi connectivity index (χ1) is 14.9. The molecule has 2 aliphatic rings. The third-order valence-electron chi connectivity index (χ3n) is 5.79. The average molecular weight is 444 g/mol. The molecule has 2 N–H and O–H groups in total. The summed E-state index contributed by atoms with van der Waals surface area (Å²) in [5.41, 5.74) is 1.72. The lowest BCUT2D eigenvalue weighted by Gasteiger charge is -2.33. The van der Waals surface area contributed by atoms with Crippen LogP contribution in [0.1, 0.15) is 10.4 Å². The minimum Gasteiger partial charge on any atom is -0.367 e. The summed E-state index contributed by atoms with van der Waals surface area (Å²) in [6.07, 6.45) is 0. The van der Waals surface area contributed by atoms with Crippen molar-refractivity contribution in [3.63, 3.8) is 0 Å². The predicted molar refractivity (Wildman–Crippen MR) is 122 cm³/mol. The molecule has 2 heterocycles. The van der Waals surface area contributed by atoms with Crippen LogP contribution in [0.15, 0.2) is 53.4 Å². The van der Waals surface area contributed by atoms with E-state index in [0.717, 1.165) is 45.0 Å². The highest BCUT2D eigenvalue weighted by Crippen LogP contribution is 2.30. The highest BCUT2D eigenvalue weighted by atomic mass is 32.2. The second-order valence-electron chi connectivity index (χ2n) is 7.98. The van der Waals surface area contributed by atoms with E-state index in [9.17, 15) is 13.2 Å². The van der Waals surface area contributed by atoms with E-state index >= 15 is 0 Å². The van der Waals surface area contributed by atoms with E-state index in [2.05, 4.69) is 19.8 Å². The summed E-state index contributed by atoms with van der Waals surface area (Å²) in [5, 5.41) is 3.31. The van der Waals surface area contributed by atoms with Gasteiger partial charge in [0, 0.05) is 57.9 Å². The van der Waals surface area contributed by atoms with Gasteiger partial charge in [0.1, 0.15) is 0 Å². The van der Waals surface area contributed by atoms with Crippen molar-refractivity contribution in [2.45, 2.75) is 4.90 Å². The number of rotatable bonds is 5. The first-order valence-electron chi connectivity index (χ1n) is 10.6. The fourth-order valence-electron chi connectivity index (χ4n) is 3.93. The third kappa shape index (κ3) is 5.00. The van der Waals surface area contributed by atoms with Gasteiger partial charge in [-0.1, -0.05) is 18.2 Å². The van der Waals surface area contributed by atoms with Gasteiger partial charge in [-0.3, -0.25) is 9.52 Å². The first-order valence-corrected chi connectivity index (χ1v) is 12.1. The Balaban J connectivity index is 1.66. The number of hydrogen-bond donors (Lipinski definition) is 2. The van der Waals surface area contributed by atoms with Gasteiger partial charge in [-0.2, -0.15) is 0 Å². The molecule has 2 fully saturated rings. The van der Waals surface area contributed by atoms with Crippen LogP contribution < -0.4 is 14.9 Å². The van der Waals surface area contributed by atoms with Crippen LogP contribution in [-0.4, -0.2) is 83.5 Å². The molecule has 2 aromatic rings. The van der Waals surface area contributed by atoms with Crippen LogP contribution in [0.4, 0.5) is 11.4 Å². The topological polar surface area (TPSA) is 85.0 Å². The van der Waals surface area contributed by atoms with Gasteiger partial charge in [0.25, 0.3) is 15.9 Å². The number of carbonyl (C=O) groups excluding carboxylic acids is 1. The lowest BCUT2D eigenvalue weighted by molar-refractivity contribution is 0.0664. The quantitative estimate of drug-likeness (QED) is 0.724. The average Bonchev–Trinajstić information content (AvgIpc) is 2.80. The molecule has 0 aliphatic carbocycles. The lowest BCUT2D eigenvalue weighted by atomic mass is 10.1. The Bertz CT molecular complexity index is 1010. The normalized spacial score (nSPS) is 18.1. The zero-order valence-corrected chi connectivity index (χ0v) is 18.6. The van der Waals surface area contributed by atoms with Crippen molar-refractivity contribution in [2.24, 2.45) is 0 Å². The van der Waals surface area contributed by atoms with Crippen molar-refractivity contribution in [2.75, 3.05) is 69.0 Å². The number of hydrogen-bond acceptors (Lipinski definition) is 6. The van der Waals surface area contributed by atoms with Crippen molar-refractivity contribution >= 4 is 27.3 Å².